The van der Waals surface area contributed by atoms with Crippen molar-refractivity contribution in [1.82, 2.24) is 5.06 Å². The number of amides is 1. The number of carbonyl (C=O) groups is 2. The van der Waals surface area contributed by atoms with Gasteiger partial charge in [0.1, 0.15) is 12.2 Å². The Morgan fingerprint density at radius 3 is 2.13 bits per heavy atom. The maximum atomic E-state index is 12.7. The summed E-state index contributed by atoms with van der Waals surface area (Å²) in [6.45, 7) is 10.5. The van der Waals surface area contributed by atoms with Crippen LogP contribution in [0.25, 0.3) is 0 Å². The summed E-state index contributed by atoms with van der Waals surface area (Å²) in [4.78, 5) is 30.6. The zero-order chi connectivity index (χ0) is 23.1. The molecule has 0 saturated heterocycles. The average Bonchev–Trinajstić information content (AvgIpc) is 2.69. The van der Waals surface area contributed by atoms with Crippen molar-refractivity contribution in [1.29, 1.82) is 0 Å². The zero-order valence-electron chi connectivity index (χ0n) is 20.3. The Labute approximate surface area is 189 Å². The van der Waals surface area contributed by atoms with Crippen LogP contribution in [0.1, 0.15) is 98.0 Å². The van der Waals surface area contributed by atoms with Crippen LogP contribution in [0.5, 0.6) is 0 Å². The molecule has 1 aromatic rings. The van der Waals surface area contributed by atoms with Gasteiger partial charge in [0.25, 0.3) is 0 Å². The molecule has 0 heterocycles. The summed E-state index contributed by atoms with van der Waals surface area (Å²) >= 11 is 0. The summed E-state index contributed by atoms with van der Waals surface area (Å²) in [5.41, 5.74) is 0.449. The van der Waals surface area contributed by atoms with Gasteiger partial charge >= 0.3 is 5.97 Å². The van der Waals surface area contributed by atoms with Gasteiger partial charge in [0, 0.05) is 6.42 Å². The third-order valence-corrected chi connectivity index (χ3v) is 4.87. The average molecular weight is 434 g/mol. The van der Waals surface area contributed by atoms with E-state index in [1.807, 2.05) is 51.1 Å². The van der Waals surface area contributed by atoms with Gasteiger partial charge < -0.3 is 4.74 Å². The minimum atomic E-state index is -0.536. The van der Waals surface area contributed by atoms with Gasteiger partial charge in [0.15, 0.2) is 0 Å². The molecule has 0 unspecified atom stereocenters. The minimum Gasteiger partial charge on any atom is -0.460 e. The van der Waals surface area contributed by atoms with E-state index in [1.54, 1.807) is 0 Å². The Kier molecular flexibility index (Phi) is 13.1. The first-order valence-corrected chi connectivity index (χ1v) is 11.9. The fourth-order valence-corrected chi connectivity index (χ4v) is 3.23. The first-order chi connectivity index (χ1) is 14.7. The van der Waals surface area contributed by atoms with Crippen molar-refractivity contribution in [2.75, 3.05) is 6.54 Å². The number of benzene rings is 1. The smallest absolute Gasteiger partial charge is 0.308 e. The number of hydroxylamine groups is 2. The fourth-order valence-electron chi connectivity index (χ4n) is 3.23. The normalized spacial score (nSPS) is 11.5. The summed E-state index contributed by atoms with van der Waals surface area (Å²) in [5.74, 6) is 0.384. The molecule has 0 bridgehead atoms. The lowest BCUT2D eigenvalue weighted by Gasteiger charge is -2.24. The number of unbranched alkanes of at least 4 members (excludes halogenated alkanes) is 5. The number of esters is 1. The van der Waals surface area contributed by atoms with E-state index in [1.165, 1.54) is 30.7 Å². The second-order valence-electron chi connectivity index (χ2n) is 9.65. The van der Waals surface area contributed by atoms with Gasteiger partial charge in [-0.2, -0.15) is 0 Å². The number of hydrogen-bond acceptors (Lipinski definition) is 4. The third-order valence-electron chi connectivity index (χ3n) is 4.87. The highest BCUT2D eigenvalue weighted by Crippen LogP contribution is 2.14. The number of hydrogen-bond donors (Lipinski definition) is 0. The lowest BCUT2D eigenvalue weighted by atomic mass is 10.0. The summed E-state index contributed by atoms with van der Waals surface area (Å²) in [6.07, 6.45) is 8.71. The monoisotopic (exact) mass is 433 g/mol. The van der Waals surface area contributed by atoms with Gasteiger partial charge in [-0.25, -0.2) is 5.06 Å². The highest BCUT2D eigenvalue weighted by Gasteiger charge is 2.20. The van der Waals surface area contributed by atoms with Crippen LogP contribution in [0.15, 0.2) is 30.3 Å². The SMILES string of the molecule is CC(C)CCCCCCCCC(=O)N(CCC(=O)OC(C)(C)C)OCc1ccccc1. The molecule has 5 heteroatoms. The molecular formula is C26H43NO4. The maximum absolute atomic E-state index is 12.7. The van der Waals surface area contributed by atoms with Crippen LogP contribution in [-0.4, -0.2) is 29.1 Å². The van der Waals surface area contributed by atoms with Crippen LogP contribution in [0.4, 0.5) is 0 Å². The summed E-state index contributed by atoms with van der Waals surface area (Å²) in [5, 5.41) is 1.35. The van der Waals surface area contributed by atoms with Gasteiger partial charge in [0.05, 0.1) is 13.0 Å². The first-order valence-electron chi connectivity index (χ1n) is 11.9. The van der Waals surface area contributed by atoms with Gasteiger partial charge in [-0.3, -0.25) is 14.4 Å². The number of ether oxygens (including phenoxy) is 1. The van der Waals surface area contributed by atoms with E-state index < -0.39 is 5.60 Å². The molecule has 0 aliphatic rings. The summed E-state index contributed by atoms with van der Waals surface area (Å²) in [7, 11) is 0. The van der Waals surface area contributed by atoms with Gasteiger partial charge in [-0.05, 0) is 38.7 Å². The molecule has 0 aliphatic heterocycles. The molecule has 0 atom stereocenters. The second-order valence-corrected chi connectivity index (χ2v) is 9.65. The minimum absolute atomic E-state index is 0.0701. The molecule has 0 radical (unpaired) electrons. The largest absolute Gasteiger partial charge is 0.460 e. The Bertz CT molecular complexity index is 622. The zero-order valence-corrected chi connectivity index (χ0v) is 20.3. The molecule has 0 saturated carbocycles. The van der Waals surface area contributed by atoms with Crippen molar-refractivity contribution in [3.63, 3.8) is 0 Å². The van der Waals surface area contributed by atoms with Gasteiger partial charge in [-0.1, -0.05) is 82.7 Å². The van der Waals surface area contributed by atoms with Crippen molar-refractivity contribution in [3.05, 3.63) is 35.9 Å². The Morgan fingerprint density at radius 2 is 1.52 bits per heavy atom. The van der Waals surface area contributed by atoms with E-state index in [9.17, 15) is 9.59 Å². The first kappa shape index (κ1) is 27.2. The maximum Gasteiger partial charge on any atom is 0.308 e. The lowest BCUT2D eigenvalue weighted by molar-refractivity contribution is -0.194. The van der Waals surface area contributed by atoms with Gasteiger partial charge in [0.2, 0.25) is 5.91 Å². The molecule has 1 aromatic carbocycles. The number of rotatable bonds is 15. The molecule has 1 rings (SSSR count). The lowest BCUT2D eigenvalue weighted by Crippen LogP contribution is -2.34. The Hall–Kier alpha value is -1.88. The fraction of sp³-hybridized carbons (Fsp3) is 0.692. The molecule has 31 heavy (non-hydrogen) atoms. The molecule has 5 nitrogen and oxygen atoms in total. The van der Waals surface area contributed by atoms with Crippen LogP contribution in [0, 0.1) is 5.92 Å². The molecule has 0 aliphatic carbocycles. The Morgan fingerprint density at radius 1 is 0.903 bits per heavy atom. The van der Waals surface area contributed by atoms with Crippen LogP contribution < -0.4 is 0 Å². The topological polar surface area (TPSA) is 55.8 Å². The van der Waals surface area contributed by atoms with Gasteiger partial charge in [-0.15, -0.1) is 0 Å². The second kappa shape index (κ2) is 15.0. The van der Waals surface area contributed by atoms with Crippen LogP contribution >= 0.6 is 0 Å². The van der Waals surface area contributed by atoms with Crippen molar-refractivity contribution < 1.29 is 19.2 Å². The molecular weight excluding hydrogens is 390 g/mol. The highest BCUT2D eigenvalue weighted by molar-refractivity contribution is 5.76. The van der Waals surface area contributed by atoms with Crippen LogP contribution in [0.3, 0.4) is 0 Å². The molecule has 0 fully saturated rings. The molecule has 176 valence electrons. The van der Waals surface area contributed by atoms with Crippen LogP contribution in [-0.2, 0) is 25.8 Å². The quantitative estimate of drug-likeness (QED) is 0.181. The van der Waals surface area contributed by atoms with E-state index in [-0.39, 0.29) is 24.8 Å². The predicted molar refractivity (Wildman–Crippen MR) is 125 cm³/mol. The Balaban J connectivity index is 2.42. The molecule has 1 amide bonds. The van der Waals surface area contributed by atoms with Crippen molar-refractivity contribution in [2.45, 2.75) is 105 Å². The highest BCUT2D eigenvalue weighted by atomic mass is 16.7. The standard InChI is InChI=1S/C26H43NO4/c1-22(2)15-11-8-6-7-9-14-18-24(28)27(20-19-25(29)31-26(3,4)5)30-21-23-16-12-10-13-17-23/h10,12-13,16-17,22H,6-9,11,14-15,18-21H2,1-5H3. The van der Waals surface area contributed by atoms with Crippen molar-refractivity contribution in [2.24, 2.45) is 5.92 Å². The van der Waals surface area contributed by atoms with E-state index >= 15 is 0 Å². The van der Waals surface area contributed by atoms with E-state index in [0.29, 0.717) is 13.0 Å². The molecule has 0 aromatic heterocycles. The molecule has 0 N–H and O–H groups in total. The molecule has 0 spiro atoms. The van der Waals surface area contributed by atoms with E-state index in [0.717, 1.165) is 30.7 Å². The van der Waals surface area contributed by atoms with E-state index in [2.05, 4.69) is 13.8 Å². The summed E-state index contributed by atoms with van der Waals surface area (Å²) < 4.78 is 5.36. The predicted octanol–water partition coefficient (Wildman–Crippen LogP) is 6.46. The van der Waals surface area contributed by atoms with Crippen molar-refractivity contribution >= 4 is 11.9 Å². The third kappa shape index (κ3) is 14.7. The van der Waals surface area contributed by atoms with Crippen LogP contribution in [0.2, 0.25) is 0 Å². The number of carbonyl (C=O) groups excluding carboxylic acids is 2. The van der Waals surface area contributed by atoms with E-state index in [4.69, 9.17) is 9.57 Å². The van der Waals surface area contributed by atoms with Crippen molar-refractivity contribution in [3.8, 4) is 0 Å². The number of nitrogens with zero attached hydrogens (tertiary/aromatic N) is 1. The summed E-state index contributed by atoms with van der Waals surface area (Å²) in [6, 6.07) is 9.73.